The number of aryl methyl sites for hydroxylation is 1. The molecule has 0 bridgehead atoms. The highest BCUT2D eigenvalue weighted by Crippen LogP contribution is 2.14. The topological polar surface area (TPSA) is 68.2 Å². The van der Waals surface area contributed by atoms with E-state index in [9.17, 15) is 4.79 Å². The van der Waals surface area contributed by atoms with Crippen LogP contribution in [0.5, 0.6) is 0 Å². The summed E-state index contributed by atoms with van der Waals surface area (Å²) < 4.78 is 7.13. The maximum Gasteiger partial charge on any atom is 0.237 e. The van der Waals surface area contributed by atoms with E-state index in [-0.39, 0.29) is 23.9 Å². The molecule has 2 rings (SSSR count). The second kappa shape index (κ2) is 7.74. The van der Waals surface area contributed by atoms with Crippen molar-refractivity contribution >= 4 is 5.91 Å². The fourth-order valence-electron chi connectivity index (χ4n) is 2.74. The summed E-state index contributed by atoms with van der Waals surface area (Å²) in [4.78, 5) is 12.6. The predicted molar refractivity (Wildman–Crippen MR) is 85.4 cm³/mol. The molecule has 1 aromatic heterocycles. The van der Waals surface area contributed by atoms with Crippen molar-refractivity contribution in [2.45, 2.75) is 51.7 Å². The quantitative estimate of drug-likeness (QED) is 0.833. The van der Waals surface area contributed by atoms with Crippen LogP contribution in [0.3, 0.4) is 0 Å². The van der Waals surface area contributed by atoms with Gasteiger partial charge in [0, 0.05) is 38.1 Å². The molecule has 22 heavy (non-hydrogen) atoms. The summed E-state index contributed by atoms with van der Waals surface area (Å²) in [6, 6.07) is 0.141. The van der Waals surface area contributed by atoms with Crippen molar-refractivity contribution in [3.63, 3.8) is 0 Å². The average molecular weight is 308 g/mol. The van der Waals surface area contributed by atoms with Crippen molar-refractivity contribution in [3.8, 4) is 0 Å². The maximum atomic E-state index is 12.6. The molecule has 0 saturated carbocycles. The van der Waals surface area contributed by atoms with Crippen molar-refractivity contribution in [2.24, 2.45) is 13.0 Å². The molecule has 1 amide bonds. The number of aromatic nitrogens is 2. The summed E-state index contributed by atoms with van der Waals surface area (Å²) in [5, 5.41) is 10.8. The first kappa shape index (κ1) is 17.0. The zero-order chi connectivity index (χ0) is 16.1. The van der Waals surface area contributed by atoms with Gasteiger partial charge in [0.05, 0.1) is 18.3 Å². The summed E-state index contributed by atoms with van der Waals surface area (Å²) in [5.74, 6) is 0.293. The first-order valence-electron chi connectivity index (χ1n) is 8.10. The summed E-state index contributed by atoms with van der Waals surface area (Å²) >= 11 is 0. The Bertz CT molecular complexity index is 480. The molecule has 124 valence electrons. The fourth-order valence-corrected chi connectivity index (χ4v) is 2.74. The number of hydrogen-bond acceptors (Lipinski definition) is 4. The molecule has 6 heteroatoms. The zero-order valence-corrected chi connectivity index (χ0v) is 14.0. The highest BCUT2D eigenvalue weighted by molar-refractivity contribution is 5.82. The molecule has 0 aromatic carbocycles. The van der Waals surface area contributed by atoms with Crippen LogP contribution >= 0.6 is 0 Å². The Kier molecular flexibility index (Phi) is 5.97. The molecule has 1 saturated heterocycles. The molecule has 1 fully saturated rings. The minimum Gasteiger partial charge on any atom is -0.381 e. The van der Waals surface area contributed by atoms with Crippen LogP contribution in [-0.4, -0.2) is 41.0 Å². The van der Waals surface area contributed by atoms with Crippen molar-refractivity contribution < 1.29 is 9.53 Å². The van der Waals surface area contributed by atoms with E-state index < -0.39 is 0 Å². The first-order valence-corrected chi connectivity index (χ1v) is 8.10. The van der Waals surface area contributed by atoms with Gasteiger partial charge in [-0.1, -0.05) is 13.8 Å². The summed E-state index contributed by atoms with van der Waals surface area (Å²) in [6.45, 7) is 7.68. The summed E-state index contributed by atoms with van der Waals surface area (Å²) in [7, 11) is 1.88. The molecule has 1 aromatic rings. The van der Waals surface area contributed by atoms with Gasteiger partial charge < -0.3 is 15.4 Å². The minimum absolute atomic E-state index is 0.0426. The van der Waals surface area contributed by atoms with E-state index >= 15 is 0 Å². The highest BCUT2D eigenvalue weighted by atomic mass is 16.5. The van der Waals surface area contributed by atoms with E-state index in [1.54, 1.807) is 10.9 Å². The number of carbonyl (C=O) groups is 1. The number of hydrogen-bond donors (Lipinski definition) is 2. The molecule has 6 nitrogen and oxygen atoms in total. The van der Waals surface area contributed by atoms with Crippen molar-refractivity contribution in [1.82, 2.24) is 20.4 Å². The Labute approximate surface area is 132 Å². The van der Waals surface area contributed by atoms with Gasteiger partial charge in [-0.25, -0.2) is 0 Å². The lowest BCUT2D eigenvalue weighted by Crippen LogP contribution is -2.52. The standard InChI is InChI=1S/C16H28N4O2/c1-11(2)15(19-14-5-7-22-8-6-14)16(21)18-12(3)13-9-17-20(4)10-13/h9-12,14-15,19H,5-8H2,1-4H3,(H,18,21). The normalized spacial score (nSPS) is 19.1. The SMILES string of the molecule is CC(NC(=O)C(NC1CCOCC1)C(C)C)c1cnn(C)c1. The van der Waals surface area contributed by atoms with E-state index in [2.05, 4.69) is 29.6 Å². The van der Waals surface area contributed by atoms with Gasteiger partial charge in [0.15, 0.2) is 0 Å². The third kappa shape index (κ3) is 4.55. The molecule has 0 spiro atoms. The monoisotopic (exact) mass is 308 g/mol. The lowest BCUT2D eigenvalue weighted by Gasteiger charge is -2.30. The van der Waals surface area contributed by atoms with Crippen molar-refractivity contribution in [1.29, 1.82) is 0 Å². The van der Waals surface area contributed by atoms with Gasteiger partial charge in [0.1, 0.15) is 0 Å². The van der Waals surface area contributed by atoms with Gasteiger partial charge in [0.2, 0.25) is 5.91 Å². The predicted octanol–water partition coefficient (Wildman–Crippen LogP) is 1.39. The van der Waals surface area contributed by atoms with E-state index in [4.69, 9.17) is 4.74 Å². The van der Waals surface area contributed by atoms with Crippen LogP contribution in [0.25, 0.3) is 0 Å². The minimum atomic E-state index is -0.178. The zero-order valence-electron chi connectivity index (χ0n) is 14.0. The smallest absolute Gasteiger partial charge is 0.237 e. The van der Waals surface area contributed by atoms with E-state index in [1.165, 1.54) is 0 Å². The van der Waals surface area contributed by atoms with Crippen LogP contribution in [0.2, 0.25) is 0 Å². The van der Waals surface area contributed by atoms with Crippen LogP contribution in [0, 0.1) is 5.92 Å². The molecule has 1 aliphatic heterocycles. The van der Waals surface area contributed by atoms with E-state index in [1.807, 2.05) is 20.2 Å². The van der Waals surface area contributed by atoms with Gasteiger partial charge in [0.25, 0.3) is 0 Å². The van der Waals surface area contributed by atoms with Gasteiger partial charge >= 0.3 is 0 Å². The second-order valence-electron chi connectivity index (χ2n) is 6.45. The number of ether oxygens (including phenoxy) is 1. The third-order valence-corrected chi connectivity index (χ3v) is 4.17. The van der Waals surface area contributed by atoms with Crippen LogP contribution < -0.4 is 10.6 Å². The molecule has 2 atom stereocenters. The van der Waals surface area contributed by atoms with Crippen molar-refractivity contribution in [2.75, 3.05) is 13.2 Å². The Hall–Kier alpha value is -1.40. The third-order valence-electron chi connectivity index (χ3n) is 4.17. The maximum absolute atomic E-state index is 12.6. The van der Waals surface area contributed by atoms with E-state index in [0.29, 0.717) is 6.04 Å². The molecule has 2 heterocycles. The number of rotatable bonds is 6. The Balaban J connectivity index is 1.93. The van der Waals surface area contributed by atoms with Gasteiger partial charge in [-0.2, -0.15) is 5.10 Å². The molecular formula is C16H28N4O2. The summed E-state index contributed by atoms with van der Waals surface area (Å²) in [6.07, 6.45) is 5.66. The van der Waals surface area contributed by atoms with Gasteiger partial charge in [-0.05, 0) is 25.7 Å². The molecule has 0 aliphatic carbocycles. The second-order valence-corrected chi connectivity index (χ2v) is 6.45. The molecule has 0 radical (unpaired) electrons. The van der Waals surface area contributed by atoms with Gasteiger partial charge in [-0.15, -0.1) is 0 Å². The number of nitrogens with zero attached hydrogens (tertiary/aromatic N) is 2. The number of carbonyl (C=O) groups excluding carboxylic acids is 1. The lowest BCUT2D eigenvalue weighted by molar-refractivity contribution is -0.125. The highest BCUT2D eigenvalue weighted by Gasteiger charge is 2.27. The van der Waals surface area contributed by atoms with Crippen LogP contribution in [0.4, 0.5) is 0 Å². The first-order chi connectivity index (χ1) is 10.5. The fraction of sp³-hybridized carbons (Fsp3) is 0.750. The molecular weight excluding hydrogens is 280 g/mol. The summed E-state index contributed by atoms with van der Waals surface area (Å²) in [5.41, 5.74) is 1.02. The Morgan fingerprint density at radius 1 is 1.36 bits per heavy atom. The number of nitrogens with one attached hydrogen (secondary N) is 2. The number of amides is 1. The van der Waals surface area contributed by atoms with Crippen LogP contribution in [0.15, 0.2) is 12.4 Å². The Morgan fingerprint density at radius 3 is 2.59 bits per heavy atom. The average Bonchev–Trinajstić information content (AvgIpc) is 2.92. The lowest BCUT2D eigenvalue weighted by atomic mass is 9.99. The Morgan fingerprint density at radius 2 is 2.05 bits per heavy atom. The molecule has 2 N–H and O–H groups in total. The largest absolute Gasteiger partial charge is 0.381 e. The van der Waals surface area contributed by atoms with Crippen LogP contribution in [-0.2, 0) is 16.6 Å². The van der Waals surface area contributed by atoms with Gasteiger partial charge in [-0.3, -0.25) is 9.48 Å². The van der Waals surface area contributed by atoms with Crippen LogP contribution in [0.1, 0.15) is 45.2 Å². The van der Waals surface area contributed by atoms with Crippen molar-refractivity contribution in [3.05, 3.63) is 18.0 Å². The van der Waals surface area contributed by atoms with E-state index in [0.717, 1.165) is 31.6 Å². The molecule has 1 aliphatic rings. The molecule has 2 unspecified atom stereocenters.